The van der Waals surface area contributed by atoms with Crippen LogP contribution in [0.2, 0.25) is 17.3 Å². The molecule has 0 fully saturated rings. The van der Waals surface area contributed by atoms with Crippen LogP contribution in [-0.4, -0.2) is 28.2 Å². The summed E-state index contributed by atoms with van der Waals surface area (Å²) in [6, 6.07) is 37.2. The Balaban J connectivity index is 0.000000187. The Morgan fingerprint density at radius 1 is 0.761 bits per heavy atom. The summed E-state index contributed by atoms with van der Waals surface area (Å²) in [7, 11) is 0. The molecule has 4 aromatic heterocycles. The van der Waals surface area contributed by atoms with Crippen molar-refractivity contribution in [2.75, 3.05) is 0 Å². The van der Waals surface area contributed by atoms with Crippen molar-refractivity contribution in [3.63, 3.8) is 0 Å². The number of furan rings is 1. The molecule has 0 saturated heterocycles. The van der Waals surface area contributed by atoms with Crippen LogP contribution in [0.5, 0.6) is 0 Å². The average molecular weight is 841 g/mol. The number of hydrogen-bond acceptors (Lipinski definition) is 4. The predicted molar refractivity (Wildman–Crippen MR) is 189 cm³/mol. The average Bonchev–Trinajstić information content (AvgIpc) is 3.44. The third-order valence-corrected chi connectivity index (χ3v) is 12.2. The summed E-state index contributed by atoms with van der Waals surface area (Å²) < 4.78 is 7.68. The Morgan fingerprint density at radius 2 is 1.52 bits per heavy atom. The standard InChI is InChI=1S/C23H15N2O.C17H22GeN.Ir/c1-15-10-12-24-20(14-15)18-8-5-9-19-21-17(16-6-3-2-4-7-16)11-13-25-23(21)26-22(18)19;1-13(2)15-11-17(14-9-7-6-8-10-14)19-12-16(15)18(3,4)5;/h2-7,9-14H,1H3;6-9,11-13H,1-5H3;/q2*-1;. The van der Waals surface area contributed by atoms with E-state index in [9.17, 15) is 0 Å². The molecule has 6 heteroatoms. The maximum Gasteiger partial charge on any atom is 0.216 e. The molecular weight excluding hydrogens is 803 g/mol. The van der Waals surface area contributed by atoms with Gasteiger partial charge in [0.25, 0.3) is 0 Å². The molecule has 7 aromatic rings. The Hall–Kier alpha value is -3.90. The number of rotatable bonds is 5. The van der Waals surface area contributed by atoms with Crippen LogP contribution in [0.1, 0.15) is 30.9 Å². The molecule has 0 aliphatic rings. The van der Waals surface area contributed by atoms with Gasteiger partial charge in [0, 0.05) is 37.9 Å². The van der Waals surface area contributed by atoms with Gasteiger partial charge in [0.1, 0.15) is 0 Å². The first-order valence-corrected chi connectivity index (χ1v) is 22.7. The van der Waals surface area contributed by atoms with Crippen molar-refractivity contribution >= 4 is 39.7 Å². The fraction of sp³-hybridized carbons (Fsp3) is 0.175. The summed E-state index contributed by atoms with van der Waals surface area (Å²) in [6.45, 7) is 6.59. The van der Waals surface area contributed by atoms with Gasteiger partial charge in [0.05, 0.1) is 5.58 Å². The molecule has 4 nitrogen and oxygen atoms in total. The second-order valence-electron chi connectivity index (χ2n) is 12.7. The van der Waals surface area contributed by atoms with Gasteiger partial charge >= 0.3 is 119 Å². The quantitative estimate of drug-likeness (QED) is 0.128. The third-order valence-electron chi connectivity index (χ3n) is 7.94. The van der Waals surface area contributed by atoms with Gasteiger partial charge in [-0.05, 0) is 35.9 Å². The smallest absolute Gasteiger partial charge is 0.216 e. The molecule has 1 radical (unpaired) electrons. The van der Waals surface area contributed by atoms with E-state index in [4.69, 9.17) is 4.42 Å². The molecule has 0 aliphatic carbocycles. The molecule has 3 aromatic carbocycles. The molecule has 0 unspecified atom stereocenters. The molecular formula is C40H37GeIrN3O-2. The topological polar surface area (TPSA) is 51.8 Å². The molecule has 233 valence electrons. The molecule has 0 saturated carbocycles. The molecule has 0 bridgehead atoms. The summed E-state index contributed by atoms with van der Waals surface area (Å²) >= 11 is -1.85. The van der Waals surface area contributed by atoms with Crippen molar-refractivity contribution in [2.45, 2.75) is 44.0 Å². The van der Waals surface area contributed by atoms with Crippen molar-refractivity contribution in [3.05, 3.63) is 133 Å². The fourth-order valence-corrected chi connectivity index (χ4v) is 9.18. The van der Waals surface area contributed by atoms with Crippen LogP contribution in [0.15, 0.2) is 114 Å². The molecule has 46 heavy (non-hydrogen) atoms. The van der Waals surface area contributed by atoms with Crippen LogP contribution >= 0.6 is 0 Å². The molecule has 0 aliphatic heterocycles. The molecule has 0 spiro atoms. The summed E-state index contributed by atoms with van der Waals surface area (Å²) in [4.78, 5) is 13.6. The van der Waals surface area contributed by atoms with E-state index in [1.165, 1.54) is 9.96 Å². The van der Waals surface area contributed by atoms with Gasteiger partial charge in [-0.15, -0.1) is 18.2 Å². The van der Waals surface area contributed by atoms with Crippen LogP contribution in [0.25, 0.3) is 55.7 Å². The van der Waals surface area contributed by atoms with Gasteiger partial charge in [0.15, 0.2) is 0 Å². The minimum atomic E-state index is -1.85. The predicted octanol–water partition coefficient (Wildman–Crippen LogP) is 10.0. The number of hydrogen-bond donors (Lipinski definition) is 0. The van der Waals surface area contributed by atoms with Gasteiger partial charge < -0.3 is 9.40 Å². The number of aryl methyl sites for hydroxylation is 1. The minimum absolute atomic E-state index is 0. The first kappa shape index (κ1) is 33.5. The Morgan fingerprint density at radius 3 is 2.22 bits per heavy atom. The first-order valence-electron chi connectivity index (χ1n) is 15.4. The third kappa shape index (κ3) is 7.07. The van der Waals surface area contributed by atoms with E-state index in [2.05, 4.69) is 95.6 Å². The maximum atomic E-state index is 6.16. The van der Waals surface area contributed by atoms with E-state index >= 15 is 0 Å². The van der Waals surface area contributed by atoms with Crippen LogP contribution in [0.4, 0.5) is 0 Å². The van der Waals surface area contributed by atoms with E-state index < -0.39 is 13.3 Å². The Kier molecular flexibility index (Phi) is 10.4. The van der Waals surface area contributed by atoms with Crippen molar-refractivity contribution in [2.24, 2.45) is 0 Å². The second kappa shape index (κ2) is 14.3. The number of nitrogens with zero attached hydrogens (tertiary/aromatic N) is 3. The normalized spacial score (nSPS) is 11.3. The van der Waals surface area contributed by atoms with Crippen molar-refractivity contribution in [1.82, 2.24) is 15.0 Å². The van der Waals surface area contributed by atoms with Gasteiger partial charge in [-0.1, -0.05) is 52.9 Å². The minimum Gasteiger partial charge on any atom is -0.486 e. The zero-order chi connectivity index (χ0) is 31.6. The molecule has 0 N–H and O–H groups in total. The number of fused-ring (bicyclic) bond motifs is 3. The Labute approximate surface area is 288 Å². The molecule has 4 heterocycles. The monoisotopic (exact) mass is 842 g/mol. The molecule has 0 amide bonds. The van der Waals surface area contributed by atoms with Crippen LogP contribution < -0.4 is 4.40 Å². The van der Waals surface area contributed by atoms with E-state index in [0.29, 0.717) is 11.6 Å². The number of aromatic nitrogens is 3. The van der Waals surface area contributed by atoms with E-state index in [1.807, 2.05) is 72.9 Å². The zero-order valence-electron chi connectivity index (χ0n) is 27.1. The van der Waals surface area contributed by atoms with Crippen LogP contribution in [-0.2, 0) is 20.1 Å². The summed E-state index contributed by atoms with van der Waals surface area (Å²) in [5.74, 6) is 7.83. The maximum absolute atomic E-state index is 6.16. The van der Waals surface area contributed by atoms with E-state index in [-0.39, 0.29) is 20.1 Å². The van der Waals surface area contributed by atoms with Crippen molar-refractivity contribution in [1.29, 1.82) is 0 Å². The number of pyridine rings is 3. The summed E-state index contributed by atoms with van der Waals surface area (Å²) in [5.41, 5.74) is 10.1. The van der Waals surface area contributed by atoms with E-state index in [1.54, 1.807) is 6.20 Å². The van der Waals surface area contributed by atoms with Gasteiger partial charge in [-0.3, -0.25) is 0 Å². The van der Waals surface area contributed by atoms with Crippen LogP contribution in [0, 0.1) is 19.1 Å². The van der Waals surface area contributed by atoms with Crippen LogP contribution in [0.3, 0.4) is 0 Å². The van der Waals surface area contributed by atoms with Gasteiger partial charge in [-0.25, -0.2) is 4.98 Å². The SMILES string of the molecule is CC(C)c1cc(-c2[c-]cccc2)nc[c]1[Ge]([CH3])([CH3])[CH3].Cc1ccnc(-c2[c-]ccc3c2oc2nccc(-c4ccccc4)c23)c1.[Ir]. The molecule has 7 rings (SSSR count). The van der Waals surface area contributed by atoms with Crippen molar-refractivity contribution < 1.29 is 24.5 Å². The largest absolute Gasteiger partial charge is 0.486 e. The zero-order valence-corrected chi connectivity index (χ0v) is 31.5. The van der Waals surface area contributed by atoms with E-state index in [0.717, 1.165) is 55.6 Å². The van der Waals surface area contributed by atoms with Crippen molar-refractivity contribution in [3.8, 4) is 33.6 Å². The summed E-state index contributed by atoms with van der Waals surface area (Å²) in [6.07, 6.45) is 5.72. The second-order valence-corrected chi connectivity index (χ2v) is 23.2. The first-order chi connectivity index (χ1) is 21.7. The summed E-state index contributed by atoms with van der Waals surface area (Å²) in [5, 5.41) is 2.06. The fourth-order valence-electron chi connectivity index (χ4n) is 5.66. The number of benzene rings is 3. The Bertz CT molecular complexity index is 2080. The van der Waals surface area contributed by atoms with Gasteiger partial charge in [-0.2, -0.15) is 0 Å². The molecule has 0 atom stereocenters. The van der Waals surface area contributed by atoms with Gasteiger partial charge in [0.2, 0.25) is 5.71 Å².